The minimum absolute atomic E-state index is 0.00327. The summed E-state index contributed by atoms with van der Waals surface area (Å²) in [5.74, 6) is -4.11. The van der Waals surface area contributed by atoms with Gasteiger partial charge in [-0.2, -0.15) is 50.2 Å². The normalized spacial score (nSPS) is 15.6. The van der Waals surface area contributed by atoms with Gasteiger partial charge < -0.3 is 59.9 Å². The van der Waals surface area contributed by atoms with Crippen LogP contribution in [0.15, 0.2) is 146 Å². The highest BCUT2D eigenvalue weighted by molar-refractivity contribution is 7.54. The highest BCUT2D eigenvalue weighted by atomic mass is 35.6. The number of hydrogen-bond acceptors (Lipinski definition) is 15. The lowest BCUT2D eigenvalue weighted by atomic mass is 9.83. The molecule has 0 radical (unpaired) electrons. The van der Waals surface area contributed by atoms with Gasteiger partial charge in [-0.05, 0) is 193 Å². The van der Waals surface area contributed by atoms with Crippen molar-refractivity contribution in [3.05, 3.63) is 235 Å². The van der Waals surface area contributed by atoms with Crippen molar-refractivity contribution in [2.24, 2.45) is 0 Å². The van der Waals surface area contributed by atoms with Crippen LogP contribution in [-0.2, 0) is 40.1 Å². The van der Waals surface area contributed by atoms with Crippen molar-refractivity contribution in [1.29, 1.82) is 15.8 Å². The number of carbonyl (C=O) groups excluding carboxylic acids is 2. The summed E-state index contributed by atoms with van der Waals surface area (Å²) < 4.78 is 118. The van der Waals surface area contributed by atoms with Crippen molar-refractivity contribution in [3.8, 4) is 35.5 Å². The molecule has 8 atom stereocenters. The number of nitriles is 3. The van der Waals surface area contributed by atoms with Crippen LogP contribution < -0.4 is 35.5 Å². The van der Waals surface area contributed by atoms with E-state index in [0.29, 0.717) is 66.8 Å². The minimum atomic E-state index is -0.750. The summed E-state index contributed by atoms with van der Waals surface area (Å²) in [5, 5.41) is 59.1. The Morgan fingerprint density at radius 3 is 1.31 bits per heavy atom. The molecule has 3 aliphatic heterocycles. The fourth-order valence-electron chi connectivity index (χ4n) is 12.9. The zero-order valence-corrected chi connectivity index (χ0v) is 74.7. The summed E-state index contributed by atoms with van der Waals surface area (Å²) in [6.45, 7) is 20.7. The largest absolute Gasteiger partial charge is 0.488 e. The van der Waals surface area contributed by atoms with Gasteiger partial charge in [-0.3, -0.25) is 0 Å². The fourth-order valence-corrected chi connectivity index (χ4v) is 13.3. The number of aliphatic hydroxyl groups is 2. The molecule has 7 aromatic rings. The molecule has 0 aliphatic carbocycles. The second-order valence-corrected chi connectivity index (χ2v) is 33.8. The molecule has 7 aromatic carbocycles. The highest BCUT2D eigenvalue weighted by Crippen LogP contribution is 2.43. The maximum absolute atomic E-state index is 15.0. The number of fused-ring (bicyclic) bond motifs is 3. The van der Waals surface area contributed by atoms with Gasteiger partial charge in [-0.15, -0.1) is 0 Å². The molecular formula is C91H112BCl6F6N7O10. The monoisotopic (exact) mass is 1800 g/mol. The average molecular weight is 1800 g/mol. The number of benzene rings is 7. The predicted molar refractivity (Wildman–Crippen MR) is 471 cm³/mol. The molecular weight excluding hydrogens is 1690 g/mol. The van der Waals surface area contributed by atoms with Crippen molar-refractivity contribution in [2.45, 2.75) is 231 Å². The standard InChI is InChI=1S/C28H27ClF2N2O2.C21H21ClF2N2O2.C16H11ClF2O.C11H20N2O2.C10H21NO3.C5H12.BCl3/c29-21-8-6-19(7-9-21)16-23-26(18-35-28-25(31)11-10-24(30)27(23)28)33-22(12-14-32)13-15-34-17-20-4-2-1-3-5-20;22-14-3-1-13(2-4-14)11-16-19(26-15(7-9-25)8-10-27)12-28-21-18(24)6-5-17(23)20(16)21;17-12-3-1-10(2-4-12)9-11-7-8-20-16-14(19)6-5-13(18)15(11)16;1-5-6-9(7-8-12)13-10(14)15-11(2,3)4;1-5-6-8(7-12)11-9(13)14-10(2,3)4;1-3-5-4-2;2-1(3)4/h1-11,22-23,26,33H,12-13,15-18H2;1-6,15-16,19,26-27H,7-8,10-12H2;1-7H,8-9H2;9H,5-7H2,1-4H3,(H,13,14);8,12H,5-7H2,1-4H3,(H,11,13);3-5H2,1-2H3;/t22-,23?,26?;15-,16?,19?;;9-;8-;;/m11.00../s1. The Balaban J connectivity index is 0.000000321. The third-order valence-corrected chi connectivity index (χ3v) is 19.2. The first kappa shape index (κ1) is 105. The van der Waals surface area contributed by atoms with E-state index in [1.54, 1.807) is 63.2 Å². The lowest BCUT2D eigenvalue weighted by Gasteiger charge is -2.36. The Kier molecular flexibility index (Phi) is 49.2. The third-order valence-electron chi connectivity index (χ3n) is 18.5. The summed E-state index contributed by atoms with van der Waals surface area (Å²) in [6.07, 6.45) is 11.5. The molecule has 30 heteroatoms. The molecule has 0 bridgehead atoms. The zero-order valence-electron chi connectivity index (χ0n) is 70.1. The number of hydrogen-bond donors (Lipinski definition) is 6. The van der Waals surface area contributed by atoms with Crippen molar-refractivity contribution in [2.75, 3.05) is 39.6 Å². The molecule has 17 nitrogen and oxygen atoms in total. The molecule has 121 heavy (non-hydrogen) atoms. The summed E-state index contributed by atoms with van der Waals surface area (Å²) >= 11 is 32.2. The Hall–Kier alpha value is -8.13. The molecule has 0 spiro atoms. The Morgan fingerprint density at radius 1 is 0.504 bits per heavy atom. The number of aliphatic hydroxyl groups excluding tert-OH is 2. The van der Waals surface area contributed by atoms with Crippen molar-refractivity contribution in [3.63, 3.8) is 0 Å². The SMILES string of the molecule is CCCCC.CCC[C@@H](CC#N)NC(=O)OC(C)(C)C.CCC[C@@H](CO)NC(=O)OC(C)(C)C.ClB(Cl)Cl.Fc1ccc(F)c2c1OCC=C2Cc1ccc(Cl)cc1.N#CC[C@H](CCO)NC1COc2c(F)ccc(F)c2C1Cc1ccc(Cl)cc1.N#CC[C@H](CCOCc1ccccc1)NC1COc2c(F)ccc(F)c2C1Cc1ccc(Cl)cc1. The van der Waals surface area contributed by atoms with Crippen LogP contribution in [0.1, 0.15) is 197 Å². The quantitative estimate of drug-likeness (QED) is 0.0145. The molecule has 2 amide bonds. The van der Waals surface area contributed by atoms with E-state index >= 15 is 0 Å². The van der Waals surface area contributed by atoms with Gasteiger partial charge in [-0.25, -0.2) is 35.9 Å². The molecule has 4 unspecified atom stereocenters. The lowest BCUT2D eigenvalue weighted by Crippen LogP contribution is -2.48. The number of allylic oxidation sites excluding steroid dienone is 1. The van der Waals surface area contributed by atoms with Gasteiger partial charge in [0.25, 0.3) is 0 Å². The summed E-state index contributed by atoms with van der Waals surface area (Å²) in [6, 6.07) is 43.3. The van der Waals surface area contributed by atoms with Crippen molar-refractivity contribution in [1.82, 2.24) is 21.3 Å². The van der Waals surface area contributed by atoms with E-state index < -0.39 is 69.2 Å². The Labute approximate surface area is 739 Å². The van der Waals surface area contributed by atoms with Crippen LogP contribution in [0.25, 0.3) is 5.57 Å². The van der Waals surface area contributed by atoms with Crippen LogP contribution in [-0.4, -0.2) is 114 Å². The zero-order chi connectivity index (χ0) is 89.6. The number of nitrogens with zero attached hydrogens (tertiary/aromatic N) is 3. The van der Waals surface area contributed by atoms with Crippen molar-refractivity contribution >= 4 is 91.9 Å². The van der Waals surface area contributed by atoms with Gasteiger partial charge in [0, 0.05) is 81.5 Å². The van der Waals surface area contributed by atoms with Crippen molar-refractivity contribution < 1.29 is 74.6 Å². The van der Waals surface area contributed by atoms with E-state index in [1.807, 2.05) is 101 Å². The molecule has 658 valence electrons. The molecule has 0 saturated carbocycles. The molecule has 0 aromatic heterocycles. The molecule has 3 heterocycles. The number of carbonyl (C=O) groups is 2. The summed E-state index contributed by atoms with van der Waals surface area (Å²) in [7, 11) is 0. The van der Waals surface area contributed by atoms with Gasteiger partial charge in [0.05, 0.1) is 62.3 Å². The van der Waals surface area contributed by atoms with Gasteiger partial charge in [0.15, 0.2) is 34.7 Å². The molecule has 6 N–H and O–H groups in total. The van der Waals surface area contributed by atoms with Crippen LogP contribution in [0.3, 0.4) is 0 Å². The summed E-state index contributed by atoms with van der Waals surface area (Å²) in [5.41, 5.74) is 4.31. The number of amides is 2. The van der Waals surface area contributed by atoms with E-state index in [1.165, 1.54) is 19.3 Å². The summed E-state index contributed by atoms with van der Waals surface area (Å²) in [4.78, 5) is 21.9. The van der Waals surface area contributed by atoms with Gasteiger partial charge in [-0.1, -0.05) is 161 Å². The van der Waals surface area contributed by atoms with E-state index in [0.717, 1.165) is 89.9 Å². The average Bonchev–Trinajstić information content (AvgIpc) is 0.784. The van der Waals surface area contributed by atoms with Crippen LogP contribution in [0.5, 0.6) is 17.2 Å². The van der Waals surface area contributed by atoms with Crippen LogP contribution in [0, 0.1) is 68.9 Å². The Morgan fingerprint density at radius 2 is 0.901 bits per heavy atom. The first-order valence-electron chi connectivity index (χ1n) is 40.3. The van der Waals surface area contributed by atoms with Gasteiger partial charge >= 0.3 is 17.1 Å². The van der Waals surface area contributed by atoms with E-state index in [9.17, 15) is 46.3 Å². The molecule has 3 aliphatic rings. The third kappa shape index (κ3) is 39.9. The maximum atomic E-state index is 15.0. The topological polar surface area (TPSA) is 249 Å². The number of nitrogens with one attached hydrogen (secondary N) is 4. The molecule has 0 saturated heterocycles. The second-order valence-electron chi connectivity index (χ2n) is 30.5. The van der Waals surface area contributed by atoms with Crippen LogP contribution in [0.2, 0.25) is 15.1 Å². The fraction of sp³-hybridized carbons (Fsp3) is 0.462. The minimum Gasteiger partial charge on any atom is -0.488 e. The molecule has 0 fully saturated rings. The number of ether oxygens (including phenoxy) is 6. The van der Waals surface area contributed by atoms with E-state index in [2.05, 4.69) is 53.3 Å². The van der Waals surface area contributed by atoms with Crippen LogP contribution >= 0.6 is 69.2 Å². The smallest absolute Gasteiger partial charge is 0.450 e. The maximum Gasteiger partial charge on any atom is 0.450 e. The van der Waals surface area contributed by atoms with Gasteiger partial charge in [0.2, 0.25) is 0 Å². The number of halogens is 12. The number of rotatable bonds is 29. The predicted octanol–water partition coefficient (Wildman–Crippen LogP) is 22.9. The number of alkyl carbamates (subject to hydrolysis) is 2. The number of unbranched alkanes of at least 4 members (excludes halogenated alkanes) is 2. The van der Waals surface area contributed by atoms with Gasteiger partial charge in [0.1, 0.15) is 48.5 Å². The van der Waals surface area contributed by atoms with Crippen LogP contribution in [0.4, 0.5) is 35.9 Å². The first-order valence-corrected chi connectivity index (χ1v) is 42.7. The van der Waals surface area contributed by atoms with E-state index in [-0.39, 0.29) is 122 Å². The Bertz CT molecular complexity index is 4390. The highest BCUT2D eigenvalue weighted by Gasteiger charge is 2.39. The molecule has 10 rings (SSSR count). The lowest BCUT2D eigenvalue weighted by molar-refractivity contribution is 0.0474. The first-order chi connectivity index (χ1) is 57.6. The van der Waals surface area contributed by atoms with E-state index in [4.69, 9.17) is 113 Å². The second kappa shape index (κ2) is 56.6.